The molecule has 106 valence electrons. The van der Waals surface area contributed by atoms with Crippen LogP contribution in [0.15, 0.2) is 24.3 Å². The van der Waals surface area contributed by atoms with Crippen LogP contribution in [0.3, 0.4) is 0 Å². The van der Waals surface area contributed by atoms with Crippen LogP contribution < -0.4 is 10.6 Å². The van der Waals surface area contributed by atoms with E-state index in [-0.39, 0.29) is 11.9 Å². The molecule has 0 heterocycles. The number of benzene rings is 1. The number of carbonyl (C=O) groups excluding carboxylic acids is 1. The van der Waals surface area contributed by atoms with Gasteiger partial charge in [0.25, 0.3) is 0 Å². The minimum atomic E-state index is 0.0725. The highest BCUT2D eigenvalue weighted by Gasteiger charge is 2.09. The highest BCUT2D eigenvalue weighted by molar-refractivity contribution is 5.76. The quantitative estimate of drug-likeness (QED) is 0.742. The molecule has 0 bridgehead atoms. The molecule has 1 unspecified atom stereocenters. The molecule has 0 spiro atoms. The second kappa shape index (κ2) is 7.95. The maximum atomic E-state index is 11.7. The smallest absolute Gasteiger partial charge is 0.220 e. The first-order valence-corrected chi connectivity index (χ1v) is 7.08. The fourth-order valence-corrected chi connectivity index (χ4v) is 1.99. The predicted octanol–water partition coefficient (Wildman–Crippen LogP) is 2.99. The van der Waals surface area contributed by atoms with Crippen LogP contribution in [0.1, 0.15) is 56.7 Å². The number of rotatable bonds is 7. The third kappa shape index (κ3) is 5.43. The van der Waals surface area contributed by atoms with E-state index in [2.05, 4.69) is 48.7 Å². The Morgan fingerprint density at radius 2 is 1.68 bits per heavy atom. The molecule has 1 aromatic rings. The second-order valence-electron chi connectivity index (χ2n) is 5.32. The van der Waals surface area contributed by atoms with Crippen molar-refractivity contribution in [2.75, 3.05) is 13.6 Å². The van der Waals surface area contributed by atoms with E-state index in [4.69, 9.17) is 0 Å². The molecule has 2 N–H and O–H groups in total. The number of amides is 1. The maximum Gasteiger partial charge on any atom is 0.220 e. The summed E-state index contributed by atoms with van der Waals surface area (Å²) >= 11 is 0. The molecule has 0 aromatic heterocycles. The Bertz CT molecular complexity index is 384. The largest absolute Gasteiger partial charge is 0.350 e. The Kier molecular flexibility index (Phi) is 6.57. The van der Waals surface area contributed by atoms with Crippen LogP contribution in [0.4, 0.5) is 0 Å². The monoisotopic (exact) mass is 262 g/mol. The fraction of sp³-hybridized carbons (Fsp3) is 0.562. The van der Waals surface area contributed by atoms with Gasteiger partial charge in [0.15, 0.2) is 0 Å². The highest BCUT2D eigenvalue weighted by Crippen LogP contribution is 2.18. The van der Waals surface area contributed by atoms with Gasteiger partial charge in [0.2, 0.25) is 5.91 Å². The average Bonchev–Trinajstić information content (AvgIpc) is 2.39. The van der Waals surface area contributed by atoms with Crippen LogP contribution in [0, 0.1) is 0 Å². The van der Waals surface area contributed by atoms with Crippen molar-refractivity contribution in [3.63, 3.8) is 0 Å². The summed E-state index contributed by atoms with van der Waals surface area (Å²) in [6.07, 6.45) is 1.45. The maximum absolute atomic E-state index is 11.7. The highest BCUT2D eigenvalue weighted by atomic mass is 16.1. The molecule has 0 aliphatic heterocycles. The Balaban J connectivity index is 2.48. The molecule has 1 rings (SSSR count). The molecule has 3 heteroatoms. The van der Waals surface area contributed by atoms with Gasteiger partial charge in [-0.05, 0) is 44.0 Å². The molecular weight excluding hydrogens is 236 g/mol. The average molecular weight is 262 g/mol. The molecule has 19 heavy (non-hydrogen) atoms. The number of carbonyl (C=O) groups is 1. The minimum absolute atomic E-state index is 0.0725. The normalized spacial score (nSPS) is 12.5. The number of hydrogen-bond acceptors (Lipinski definition) is 2. The van der Waals surface area contributed by atoms with E-state index in [0.29, 0.717) is 12.3 Å². The zero-order chi connectivity index (χ0) is 14.3. The first kappa shape index (κ1) is 15.7. The lowest BCUT2D eigenvalue weighted by atomic mass is 9.99. The van der Waals surface area contributed by atoms with E-state index < -0.39 is 0 Å². The van der Waals surface area contributed by atoms with Gasteiger partial charge < -0.3 is 10.6 Å². The molecule has 0 radical (unpaired) electrons. The van der Waals surface area contributed by atoms with Crippen LogP contribution in [0.25, 0.3) is 0 Å². The van der Waals surface area contributed by atoms with Crippen molar-refractivity contribution in [3.8, 4) is 0 Å². The zero-order valence-electron chi connectivity index (χ0n) is 12.5. The molecule has 0 aliphatic rings. The molecule has 1 amide bonds. The van der Waals surface area contributed by atoms with Gasteiger partial charge >= 0.3 is 0 Å². The van der Waals surface area contributed by atoms with E-state index in [9.17, 15) is 4.79 Å². The Morgan fingerprint density at radius 3 is 2.21 bits per heavy atom. The first-order chi connectivity index (χ1) is 9.04. The van der Waals surface area contributed by atoms with Gasteiger partial charge in [-0.3, -0.25) is 4.79 Å². The molecule has 0 fully saturated rings. The molecule has 1 aromatic carbocycles. The van der Waals surface area contributed by atoms with Crippen LogP contribution in [0.2, 0.25) is 0 Å². The van der Waals surface area contributed by atoms with E-state index in [0.717, 1.165) is 18.5 Å². The summed E-state index contributed by atoms with van der Waals surface area (Å²) in [4.78, 5) is 11.7. The summed E-state index contributed by atoms with van der Waals surface area (Å²) in [6.45, 7) is 7.27. The summed E-state index contributed by atoms with van der Waals surface area (Å²) in [5, 5.41) is 6.08. The first-order valence-electron chi connectivity index (χ1n) is 7.08. The second-order valence-corrected chi connectivity index (χ2v) is 5.32. The van der Waals surface area contributed by atoms with Gasteiger partial charge in [-0.25, -0.2) is 0 Å². The Hall–Kier alpha value is -1.35. The van der Waals surface area contributed by atoms with Crippen LogP contribution >= 0.6 is 0 Å². The molecule has 3 nitrogen and oxygen atoms in total. The van der Waals surface area contributed by atoms with E-state index >= 15 is 0 Å². The van der Waals surface area contributed by atoms with Crippen molar-refractivity contribution < 1.29 is 4.79 Å². The van der Waals surface area contributed by atoms with Crippen LogP contribution in [-0.4, -0.2) is 19.5 Å². The fourth-order valence-electron chi connectivity index (χ4n) is 1.99. The predicted molar refractivity (Wildman–Crippen MR) is 80.2 cm³/mol. The Labute approximate surface area is 116 Å². The van der Waals surface area contributed by atoms with Gasteiger partial charge in [0, 0.05) is 6.42 Å². The SMILES string of the molecule is CNCCCC(=O)NC(C)c1ccc(C(C)C)cc1. The van der Waals surface area contributed by atoms with Crippen molar-refractivity contribution in [1.29, 1.82) is 0 Å². The van der Waals surface area contributed by atoms with E-state index in [1.54, 1.807) is 0 Å². The van der Waals surface area contributed by atoms with Gasteiger partial charge in [-0.1, -0.05) is 38.1 Å². The van der Waals surface area contributed by atoms with Gasteiger partial charge in [-0.15, -0.1) is 0 Å². The van der Waals surface area contributed by atoms with Crippen molar-refractivity contribution in [2.24, 2.45) is 0 Å². The lowest BCUT2D eigenvalue weighted by Gasteiger charge is -2.15. The summed E-state index contributed by atoms with van der Waals surface area (Å²) in [5.41, 5.74) is 2.49. The van der Waals surface area contributed by atoms with Crippen molar-refractivity contribution in [1.82, 2.24) is 10.6 Å². The third-order valence-electron chi connectivity index (χ3n) is 3.31. The minimum Gasteiger partial charge on any atom is -0.350 e. The molecule has 0 aliphatic carbocycles. The number of hydrogen-bond donors (Lipinski definition) is 2. The standard InChI is InChI=1S/C16H26N2O/c1-12(2)14-7-9-15(10-8-14)13(3)18-16(19)6-5-11-17-4/h7-10,12-13,17H,5-6,11H2,1-4H3,(H,18,19). The Morgan fingerprint density at radius 1 is 1.11 bits per heavy atom. The molecule has 1 atom stereocenters. The molecule has 0 saturated carbocycles. The topological polar surface area (TPSA) is 41.1 Å². The van der Waals surface area contributed by atoms with Crippen molar-refractivity contribution in [2.45, 2.75) is 45.6 Å². The van der Waals surface area contributed by atoms with Gasteiger partial charge in [-0.2, -0.15) is 0 Å². The lowest BCUT2D eigenvalue weighted by Crippen LogP contribution is -2.27. The number of nitrogens with one attached hydrogen (secondary N) is 2. The van der Waals surface area contributed by atoms with Crippen molar-refractivity contribution in [3.05, 3.63) is 35.4 Å². The summed E-state index contributed by atoms with van der Waals surface area (Å²) in [7, 11) is 1.90. The lowest BCUT2D eigenvalue weighted by molar-refractivity contribution is -0.121. The molecular formula is C16H26N2O. The van der Waals surface area contributed by atoms with Crippen molar-refractivity contribution >= 4 is 5.91 Å². The van der Waals surface area contributed by atoms with Crippen LogP contribution in [-0.2, 0) is 4.79 Å². The summed E-state index contributed by atoms with van der Waals surface area (Å²) in [5.74, 6) is 0.663. The van der Waals surface area contributed by atoms with Crippen LogP contribution in [0.5, 0.6) is 0 Å². The van der Waals surface area contributed by atoms with Gasteiger partial charge in [0.05, 0.1) is 6.04 Å². The summed E-state index contributed by atoms with van der Waals surface area (Å²) in [6, 6.07) is 8.57. The van der Waals surface area contributed by atoms with E-state index in [1.165, 1.54) is 5.56 Å². The third-order valence-corrected chi connectivity index (χ3v) is 3.31. The zero-order valence-corrected chi connectivity index (χ0v) is 12.5. The van der Waals surface area contributed by atoms with Gasteiger partial charge in [0.1, 0.15) is 0 Å². The molecule has 0 saturated heterocycles. The van der Waals surface area contributed by atoms with E-state index in [1.807, 2.05) is 14.0 Å². The summed E-state index contributed by atoms with van der Waals surface area (Å²) < 4.78 is 0.